The molecule has 2 aliphatic heterocycles. The number of hydrogen-bond acceptors (Lipinski definition) is 5. The summed E-state index contributed by atoms with van der Waals surface area (Å²) in [5.41, 5.74) is -0.707. The summed E-state index contributed by atoms with van der Waals surface area (Å²) < 4.78 is 82.6. The maximum absolute atomic E-state index is 14.7. The van der Waals surface area contributed by atoms with Gasteiger partial charge in [0.2, 0.25) is 10.0 Å². The maximum atomic E-state index is 14.7. The van der Waals surface area contributed by atoms with Crippen LogP contribution in [0, 0.1) is 29.2 Å². The molecule has 39 heavy (non-hydrogen) atoms. The predicted molar refractivity (Wildman–Crippen MR) is 133 cm³/mol. The smallest absolute Gasteiger partial charge is 0.407 e. The molecule has 2 aromatic carbocycles. The average molecular weight is 573 g/mol. The molecule has 0 spiro atoms. The molecule has 2 aliphatic rings. The predicted octanol–water partition coefficient (Wildman–Crippen LogP) is 3.58. The number of hydrogen-bond donors (Lipinski definition) is 2. The zero-order chi connectivity index (χ0) is 28.5. The van der Waals surface area contributed by atoms with Crippen LogP contribution in [-0.2, 0) is 10.0 Å². The lowest BCUT2D eigenvalue weighted by molar-refractivity contribution is 0.0327. The summed E-state index contributed by atoms with van der Waals surface area (Å²) >= 11 is 0. The van der Waals surface area contributed by atoms with Crippen LogP contribution >= 0.6 is 0 Å². The number of rotatable bonds is 6. The van der Waals surface area contributed by atoms with Gasteiger partial charge in [0.05, 0.1) is 6.04 Å². The molecule has 2 heterocycles. The van der Waals surface area contributed by atoms with Crippen molar-refractivity contribution >= 4 is 27.7 Å². The molecule has 2 saturated heterocycles. The number of carbonyl (C=O) groups excluding carboxylic acids is 1. The van der Waals surface area contributed by atoms with E-state index in [1.807, 2.05) is 6.92 Å². The van der Waals surface area contributed by atoms with Gasteiger partial charge in [-0.05, 0) is 43.5 Å². The van der Waals surface area contributed by atoms with E-state index in [9.17, 15) is 40.7 Å². The summed E-state index contributed by atoms with van der Waals surface area (Å²) in [6, 6.07) is 3.46. The number of carbonyl (C=O) groups is 2. The highest BCUT2D eigenvalue weighted by Gasteiger charge is 2.39. The summed E-state index contributed by atoms with van der Waals surface area (Å²) in [7, 11) is -4.37. The number of piperidine rings is 1. The minimum atomic E-state index is -4.37. The van der Waals surface area contributed by atoms with Crippen molar-refractivity contribution in [3.8, 4) is 0 Å². The summed E-state index contributed by atoms with van der Waals surface area (Å²) in [5, 5.41) is 11.8. The molecule has 1 unspecified atom stereocenters. The zero-order valence-electron chi connectivity index (χ0n) is 21.0. The number of amides is 2. The van der Waals surface area contributed by atoms with Gasteiger partial charge in [0, 0.05) is 56.1 Å². The third kappa shape index (κ3) is 6.02. The van der Waals surface area contributed by atoms with E-state index < -0.39 is 55.9 Å². The Morgan fingerprint density at radius 3 is 2.21 bits per heavy atom. The van der Waals surface area contributed by atoms with E-state index in [1.54, 1.807) is 0 Å². The first kappa shape index (κ1) is 28.8. The van der Waals surface area contributed by atoms with Crippen LogP contribution < -0.4 is 5.32 Å². The Hall–Kier alpha value is -3.23. The Morgan fingerprint density at radius 1 is 0.974 bits per heavy atom. The van der Waals surface area contributed by atoms with Crippen LogP contribution in [0.15, 0.2) is 35.2 Å². The van der Waals surface area contributed by atoms with Crippen molar-refractivity contribution in [2.75, 3.05) is 44.6 Å². The van der Waals surface area contributed by atoms with Crippen molar-refractivity contribution in [2.24, 2.45) is 5.92 Å². The van der Waals surface area contributed by atoms with Gasteiger partial charge >= 0.3 is 6.09 Å². The first-order chi connectivity index (χ1) is 18.4. The van der Waals surface area contributed by atoms with Gasteiger partial charge in [-0.2, -0.15) is 4.31 Å². The van der Waals surface area contributed by atoms with Crippen molar-refractivity contribution in [1.82, 2.24) is 14.1 Å². The molecule has 2 aromatic rings. The highest BCUT2D eigenvalue weighted by atomic mass is 32.2. The quantitative estimate of drug-likeness (QED) is 0.405. The number of sulfonamides is 1. The minimum absolute atomic E-state index is 0.0348. The fraction of sp³-hybridized carbons (Fsp3) is 0.440. The van der Waals surface area contributed by atoms with E-state index in [2.05, 4.69) is 10.2 Å². The van der Waals surface area contributed by atoms with Crippen LogP contribution in [0.1, 0.15) is 30.1 Å². The largest absolute Gasteiger partial charge is 0.465 e. The number of anilines is 1. The molecule has 0 radical (unpaired) electrons. The number of piperazine rings is 1. The number of nitrogens with one attached hydrogen (secondary N) is 1. The molecule has 212 valence electrons. The van der Waals surface area contributed by atoms with E-state index in [0.717, 1.165) is 29.0 Å². The van der Waals surface area contributed by atoms with Gasteiger partial charge in [-0.25, -0.2) is 30.8 Å². The lowest BCUT2D eigenvalue weighted by atomic mass is 9.88. The highest BCUT2D eigenvalue weighted by Crippen LogP contribution is 2.31. The molecule has 0 bridgehead atoms. The number of carboxylic acid groups (broad SMARTS) is 1. The van der Waals surface area contributed by atoms with Gasteiger partial charge < -0.3 is 15.3 Å². The first-order valence-corrected chi connectivity index (χ1v) is 13.8. The Morgan fingerprint density at radius 2 is 1.62 bits per heavy atom. The Bertz CT molecular complexity index is 1350. The van der Waals surface area contributed by atoms with E-state index in [1.165, 1.54) is 4.90 Å². The Labute approximate surface area is 223 Å². The number of nitrogens with zero attached hydrogens (tertiary/aromatic N) is 3. The fourth-order valence-electron chi connectivity index (χ4n) is 5.11. The third-order valence-corrected chi connectivity index (χ3v) is 9.20. The summed E-state index contributed by atoms with van der Waals surface area (Å²) in [4.78, 5) is 27.2. The summed E-state index contributed by atoms with van der Waals surface area (Å²) in [6.07, 6.45) is -0.280. The molecule has 0 aromatic heterocycles. The molecule has 14 heteroatoms. The van der Waals surface area contributed by atoms with Gasteiger partial charge in [-0.15, -0.1) is 0 Å². The van der Waals surface area contributed by atoms with Crippen molar-refractivity contribution in [1.29, 1.82) is 0 Å². The second-order valence-electron chi connectivity index (χ2n) is 9.53. The number of halogens is 4. The van der Waals surface area contributed by atoms with Crippen molar-refractivity contribution in [2.45, 2.75) is 30.7 Å². The van der Waals surface area contributed by atoms with Crippen LogP contribution in [0.25, 0.3) is 0 Å². The fourth-order valence-corrected chi connectivity index (χ4v) is 6.67. The molecule has 1 atom stereocenters. The van der Waals surface area contributed by atoms with Crippen LogP contribution in [0.3, 0.4) is 0 Å². The van der Waals surface area contributed by atoms with Gasteiger partial charge in [0.1, 0.15) is 10.7 Å². The Kier molecular flexibility index (Phi) is 8.47. The molecular weight excluding hydrogens is 544 g/mol. The van der Waals surface area contributed by atoms with Crippen molar-refractivity contribution in [3.63, 3.8) is 0 Å². The lowest BCUT2D eigenvalue weighted by Crippen LogP contribution is -2.58. The van der Waals surface area contributed by atoms with Gasteiger partial charge in [0.25, 0.3) is 5.91 Å². The minimum Gasteiger partial charge on any atom is -0.465 e. The topological polar surface area (TPSA) is 110 Å². The summed E-state index contributed by atoms with van der Waals surface area (Å²) in [6.45, 7) is 4.37. The van der Waals surface area contributed by atoms with Crippen LogP contribution in [0.5, 0.6) is 0 Å². The molecule has 4 rings (SSSR count). The van der Waals surface area contributed by atoms with Gasteiger partial charge in [0.15, 0.2) is 17.5 Å². The molecular formula is C25H28F4N4O5S. The second kappa shape index (κ2) is 11.5. The zero-order valence-corrected chi connectivity index (χ0v) is 21.9. The van der Waals surface area contributed by atoms with E-state index in [4.69, 9.17) is 0 Å². The van der Waals surface area contributed by atoms with Crippen molar-refractivity contribution < 1.29 is 40.7 Å². The summed E-state index contributed by atoms with van der Waals surface area (Å²) in [5.74, 6) is -6.93. The monoisotopic (exact) mass is 572 g/mol. The molecule has 2 N–H and O–H groups in total. The molecule has 0 aliphatic carbocycles. The third-order valence-electron chi connectivity index (χ3n) is 7.29. The normalized spacial score (nSPS) is 19.7. The second-order valence-corrected chi connectivity index (χ2v) is 11.4. The molecule has 0 saturated carbocycles. The van der Waals surface area contributed by atoms with E-state index in [-0.39, 0.29) is 30.6 Å². The van der Waals surface area contributed by atoms with Crippen LogP contribution in [0.2, 0.25) is 0 Å². The van der Waals surface area contributed by atoms with E-state index in [0.29, 0.717) is 44.6 Å². The average Bonchev–Trinajstić information content (AvgIpc) is 2.91. The van der Waals surface area contributed by atoms with Crippen molar-refractivity contribution in [3.05, 3.63) is 59.2 Å². The van der Waals surface area contributed by atoms with E-state index >= 15 is 0 Å². The molecule has 2 amide bonds. The maximum Gasteiger partial charge on any atom is 0.407 e. The first-order valence-electron chi connectivity index (χ1n) is 12.4. The number of benzene rings is 2. The highest BCUT2D eigenvalue weighted by molar-refractivity contribution is 7.89. The molecule has 2 fully saturated rings. The van der Waals surface area contributed by atoms with Gasteiger partial charge in [-0.3, -0.25) is 9.69 Å². The Balaban J connectivity index is 1.49. The lowest BCUT2D eigenvalue weighted by Gasteiger charge is -2.45. The van der Waals surface area contributed by atoms with Crippen LogP contribution in [0.4, 0.5) is 28.0 Å². The van der Waals surface area contributed by atoms with Gasteiger partial charge in [-0.1, -0.05) is 6.92 Å². The number of likely N-dealkylation sites (N-methyl/N-ethyl adjacent to an activating group) is 1. The molecule has 9 nitrogen and oxygen atoms in total. The standard InChI is InChI=1S/C25H28F4N4O5S/c1-2-31-9-10-33(25(35)36)21(14-31)15-5-7-32(8-6-15)39(37,38)22-11-16(3-4-18(22)26)24(34)30-17-12-19(27)23(29)20(28)13-17/h3-4,11-13,15,21H,2,5-10,14H2,1H3,(H,30,34)(H,35,36). The SMILES string of the molecule is CCN1CCN(C(=O)O)C(C2CCN(S(=O)(=O)c3cc(C(=O)Nc4cc(F)c(F)c(F)c4)ccc3F)CC2)C1. The van der Waals surface area contributed by atoms with Crippen LogP contribution in [-0.4, -0.2) is 84.9 Å².